The molecule has 0 radical (unpaired) electrons. The summed E-state index contributed by atoms with van der Waals surface area (Å²) in [4.78, 5) is 24.4. The fourth-order valence-electron chi connectivity index (χ4n) is 1.98. The standard InChI is InChI=1S/C11H14N2O4/c1-7-5-9(17-12-7)10(14)13-4-2-3-8(6-13)11(15)16/h5,8H,2-4,6H2,1H3,(H,15,16)/t8-/m1/s1. The lowest BCUT2D eigenvalue weighted by Crippen LogP contribution is -2.42. The minimum atomic E-state index is -0.851. The number of carbonyl (C=O) groups excluding carboxylic acids is 1. The molecule has 6 heteroatoms. The van der Waals surface area contributed by atoms with Crippen molar-refractivity contribution >= 4 is 11.9 Å². The van der Waals surface area contributed by atoms with E-state index < -0.39 is 11.9 Å². The van der Waals surface area contributed by atoms with Crippen molar-refractivity contribution in [1.82, 2.24) is 10.1 Å². The Kier molecular flexibility index (Phi) is 3.12. The van der Waals surface area contributed by atoms with Gasteiger partial charge in [-0.25, -0.2) is 0 Å². The molecule has 0 spiro atoms. The Bertz CT molecular complexity index is 440. The van der Waals surface area contributed by atoms with Crippen LogP contribution in [0, 0.1) is 12.8 Å². The number of piperidine rings is 1. The van der Waals surface area contributed by atoms with Crippen LogP contribution in [-0.2, 0) is 4.79 Å². The summed E-state index contributed by atoms with van der Waals surface area (Å²) in [6.07, 6.45) is 1.32. The van der Waals surface area contributed by atoms with E-state index in [1.54, 1.807) is 13.0 Å². The maximum absolute atomic E-state index is 12.0. The van der Waals surface area contributed by atoms with Gasteiger partial charge in [0.2, 0.25) is 5.76 Å². The summed E-state index contributed by atoms with van der Waals surface area (Å²) in [5, 5.41) is 12.6. The third kappa shape index (κ3) is 2.46. The summed E-state index contributed by atoms with van der Waals surface area (Å²) >= 11 is 0. The Balaban J connectivity index is 2.07. The number of amides is 1. The van der Waals surface area contributed by atoms with Gasteiger partial charge in [0, 0.05) is 19.2 Å². The molecule has 17 heavy (non-hydrogen) atoms. The van der Waals surface area contributed by atoms with Gasteiger partial charge in [-0.05, 0) is 19.8 Å². The van der Waals surface area contributed by atoms with Crippen LogP contribution in [0.1, 0.15) is 29.1 Å². The number of carbonyl (C=O) groups is 2. The van der Waals surface area contributed by atoms with Gasteiger partial charge in [-0.15, -0.1) is 0 Å². The van der Waals surface area contributed by atoms with Crippen LogP contribution in [0.2, 0.25) is 0 Å². The van der Waals surface area contributed by atoms with Gasteiger partial charge in [-0.1, -0.05) is 5.16 Å². The largest absolute Gasteiger partial charge is 0.481 e. The first-order valence-electron chi connectivity index (χ1n) is 5.53. The van der Waals surface area contributed by atoms with Crippen molar-refractivity contribution in [1.29, 1.82) is 0 Å². The van der Waals surface area contributed by atoms with Gasteiger partial charge in [0.1, 0.15) is 0 Å². The molecule has 6 nitrogen and oxygen atoms in total. The molecule has 0 aromatic carbocycles. The molecule has 1 aromatic heterocycles. The van der Waals surface area contributed by atoms with E-state index in [1.165, 1.54) is 4.90 Å². The predicted molar refractivity (Wildman–Crippen MR) is 57.5 cm³/mol. The number of carboxylic acids is 1. The van der Waals surface area contributed by atoms with Crippen LogP contribution in [0.3, 0.4) is 0 Å². The lowest BCUT2D eigenvalue weighted by atomic mass is 9.98. The van der Waals surface area contributed by atoms with Crippen LogP contribution >= 0.6 is 0 Å². The quantitative estimate of drug-likeness (QED) is 0.828. The van der Waals surface area contributed by atoms with Gasteiger partial charge in [0.15, 0.2) is 0 Å². The molecule has 2 rings (SSSR count). The summed E-state index contributed by atoms with van der Waals surface area (Å²) in [5.41, 5.74) is 0.639. The minimum absolute atomic E-state index is 0.175. The Morgan fingerprint density at radius 3 is 2.94 bits per heavy atom. The summed E-state index contributed by atoms with van der Waals surface area (Å²) in [7, 11) is 0. The van der Waals surface area contributed by atoms with Gasteiger partial charge < -0.3 is 14.5 Å². The van der Waals surface area contributed by atoms with E-state index in [2.05, 4.69) is 5.16 Å². The number of likely N-dealkylation sites (tertiary alicyclic amines) is 1. The van der Waals surface area contributed by atoms with E-state index >= 15 is 0 Å². The van der Waals surface area contributed by atoms with E-state index in [9.17, 15) is 9.59 Å². The van der Waals surface area contributed by atoms with Crippen LogP contribution in [0.5, 0.6) is 0 Å². The van der Waals surface area contributed by atoms with E-state index in [0.29, 0.717) is 25.1 Å². The molecular weight excluding hydrogens is 224 g/mol. The fraction of sp³-hybridized carbons (Fsp3) is 0.545. The van der Waals surface area contributed by atoms with Crippen LogP contribution < -0.4 is 0 Å². The topological polar surface area (TPSA) is 83.6 Å². The van der Waals surface area contributed by atoms with Crippen LogP contribution in [0.4, 0.5) is 0 Å². The number of aliphatic carboxylic acids is 1. The van der Waals surface area contributed by atoms with Crippen molar-refractivity contribution in [3.63, 3.8) is 0 Å². The first kappa shape index (κ1) is 11.6. The second-order valence-corrected chi connectivity index (χ2v) is 4.26. The number of nitrogens with zero attached hydrogens (tertiary/aromatic N) is 2. The molecule has 0 bridgehead atoms. The molecule has 1 fully saturated rings. The van der Waals surface area contributed by atoms with Crippen molar-refractivity contribution in [2.75, 3.05) is 13.1 Å². The number of aryl methyl sites for hydroxylation is 1. The molecule has 1 aromatic rings. The summed E-state index contributed by atoms with van der Waals surface area (Å²) in [6.45, 7) is 2.55. The summed E-state index contributed by atoms with van der Waals surface area (Å²) < 4.78 is 4.89. The molecule has 1 amide bonds. The molecule has 1 saturated heterocycles. The lowest BCUT2D eigenvalue weighted by Gasteiger charge is -2.29. The Morgan fingerprint density at radius 1 is 1.59 bits per heavy atom. The van der Waals surface area contributed by atoms with Gasteiger partial charge in [-0.3, -0.25) is 9.59 Å². The SMILES string of the molecule is Cc1cc(C(=O)N2CCC[C@@H](C(=O)O)C2)on1. The highest BCUT2D eigenvalue weighted by molar-refractivity contribution is 5.91. The normalized spacial score (nSPS) is 20.3. The van der Waals surface area contributed by atoms with Gasteiger partial charge in [-0.2, -0.15) is 0 Å². The third-order valence-corrected chi connectivity index (χ3v) is 2.90. The van der Waals surface area contributed by atoms with Crippen molar-refractivity contribution in [2.45, 2.75) is 19.8 Å². The van der Waals surface area contributed by atoms with E-state index in [-0.39, 0.29) is 18.2 Å². The Morgan fingerprint density at radius 2 is 2.35 bits per heavy atom. The van der Waals surface area contributed by atoms with Gasteiger partial charge in [0.05, 0.1) is 11.6 Å². The highest BCUT2D eigenvalue weighted by atomic mass is 16.5. The first-order chi connectivity index (χ1) is 8.08. The molecule has 0 saturated carbocycles. The van der Waals surface area contributed by atoms with Gasteiger partial charge in [0.25, 0.3) is 5.91 Å². The molecule has 1 N–H and O–H groups in total. The Labute approximate surface area is 98.2 Å². The van der Waals surface area contributed by atoms with Crippen LogP contribution in [-0.4, -0.2) is 40.1 Å². The zero-order chi connectivity index (χ0) is 12.4. The van der Waals surface area contributed by atoms with Crippen molar-refractivity contribution in [3.8, 4) is 0 Å². The highest BCUT2D eigenvalue weighted by Gasteiger charge is 2.30. The predicted octanol–water partition coefficient (Wildman–Crippen LogP) is 0.920. The molecular formula is C11H14N2O4. The van der Waals surface area contributed by atoms with Crippen molar-refractivity contribution in [3.05, 3.63) is 17.5 Å². The van der Waals surface area contributed by atoms with Crippen LogP contribution in [0.15, 0.2) is 10.6 Å². The number of rotatable bonds is 2. The van der Waals surface area contributed by atoms with E-state index in [4.69, 9.17) is 9.63 Å². The zero-order valence-electron chi connectivity index (χ0n) is 9.55. The highest BCUT2D eigenvalue weighted by Crippen LogP contribution is 2.19. The maximum Gasteiger partial charge on any atom is 0.308 e. The molecule has 1 aliphatic rings. The molecule has 1 atom stereocenters. The third-order valence-electron chi connectivity index (χ3n) is 2.90. The zero-order valence-corrected chi connectivity index (χ0v) is 9.55. The summed E-state index contributed by atoms with van der Waals surface area (Å²) in [6, 6.07) is 1.56. The van der Waals surface area contributed by atoms with E-state index in [1.807, 2.05) is 0 Å². The van der Waals surface area contributed by atoms with E-state index in [0.717, 1.165) is 0 Å². The number of carboxylic acid groups (broad SMARTS) is 1. The summed E-state index contributed by atoms with van der Waals surface area (Å²) in [5.74, 6) is -1.43. The average molecular weight is 238 g/mol. The van der Waals surface area contributed by atoms with Crippen LogP contribution in [0.25, 0.3) is 0 Å². The van der Waals surface area contributed by atoms with Gasteiger partial charge >= 0.3 is 5.97 Å². The smallest absolute Gasteiger partial charge is 0.308 e. The van der Waals surface area contributed by atoms with Crippen molar-refractivity contribution < 1.29 is 19.2 Å². The average Bonchev–Trinajstić information content (AvgIpc) is 2.75. The molecule has 0 unspecified atom stereocenters. The molecule has 0 aliphatic carbocycles. The number of hydrogen-bond donors (Lipinski definition) is 1. The minimum Gasteiger partial charge on any atom is -0.481 e. The second kappa shape index (κ2) is 4.57. The number of aromatic nitrogens is 1. The molecule has 92 valence electrons. The molecule has 2 heterocycles. The first-order valence-corrected chi connectivity index (χ1v) is 5.53. The second-order valence-electron chi connectivity index (χ2n) is 4.26. The Hall–Kier alpha value is -1.85. The van der Waals surface area contributed by atoms with Crippen molar-refractivity contribution in [2.24, 2.45) is 5.92 Å². The monoisotopic (exact) mass is 238 g/mol. The maximum atomic E-state index is 12.0. The number of hydrogen-bond acceptors (Lipinski definition) is 4. The molecule has 1 aliphatic heterocycles. The fourth-order valence-corrected chi connectivity index (χ4v) is 1.98. The lowest BCUT2D eigenvalue weighted by molar-refractivity contribution is -0.143.